The van der Waals surface area contributed by atoms with Gasteiger partial charge in [0, 0.05) is 19.1 Å². The minimum absolute atomic E-state index is 0.0955. The van der Waals surface area contributed by atoms with Crippen LogP contribution in [0.5, 0.6) is 5.75 Å². The third-order valence-corrected chi connectivity index (χ3v) is 3.89. The van der Waals surface area contributed by atoms with E-state index in [2.05, 4.69) is 17.4 Å². The quantitative estimate of drug-likeness (QED) is 0.838. The lowest BCUT2D eigenvalue weighted by atomic mass is 10.1. The first-order valence-corrected chi connectivity index (χ1v) is 7.73. The molecular formula is C17H26N2O2. The van der Waals surface area contributed by atoms with E-state index in [1.807, 2.05) is 32.7 Å². The summed E-state index contributed by atoms with van der Waals surface area (Å²) in [5.41, 5.74) is 3.41. The van der Waals surface area contributed by atoms with Crippen molar-refractivity contribution in [3.05, 3.63) is 28.8 Å². The second-order valence-corrected chi connectivity index (χ2v) is 5.79. The molecule has 0 atom stereocenters. The number of rotatable bonds is 7. The first-order chi connectivity index (χ1) is 10.1. The fourth-order valence-corrected chi connectivity index (χ4v) is 2.82. The van der Waals surface area contributed by atoms with E-state index < -0.39 is 0 Å². The van der Waals surface area contributed by atoms with E-state index in [0.29, 0.717) is 6.04 Å². The van der Waals surface area contributed by atoms with Gasteiger partial charge in [-0.2, -0.15) is 0 Å². The van der Waals surface area contributed by atoms with Crippen molar-refractivity contribution in [2.24, 2.45) is 0 Å². The van der Waals surface area contributed by atoms with Crippen molar-refractivity contribution < 1.29 is 9.53 Å². The highest BCUT2D eigenvalue weighted by atomic mass is 16.5. The van der Waals surface area contributed by atoms with Crippen LogP contribution >= 0.6 is 0 Å². The maximum Gasteiger partial charge on any atom is 0.260 e. The largest absolute Gasteiger partial charge is 0.483 e. The number of nitrogens with one attached hydrogen (secondary N) is 1. The summed E-state index contributed by atoms with van der Waals surface area (Å²) in [5, 5.41) is 3.15. The molecule has 0 heterocycles. The van der Waals surface area contributed by atoms with Gasteiger partial charge in [0.15, 0.2) is 6.61 Å². The Morgan fingerprint density at radius 3 is 2.43 bits per heavy atom. The van der Waals surface area contributed by atoms with Gasteiger partial charge in [-0.1, -0.05) is 12.1 Å². The third kappa shape index (κ3) is 3.97. The van der Waals surface area contributed by atoms with Crippen molar-refractivity contribution in [2.45, 2.75) is 46.2 Å². The van der Waals surface area contributed by atoms with Gasteiger partial charge in [0.2, 0.25) is 0 Å². The second kappa shape index (κ2) is 6.94. The average molecular weight is 290 g/mol. The first-order valence-electron chi connectivity index (χ1n) is 7.73. The fourth-order valence-electron chi connectivity index (χ4n) is 2.82. The highest BCUT2D eigenvalue weighted by Crippen LogP contribution is 2.28. The Morgan fingerprint density at radius 2 is 1.95 bits per heavy atom. The van der Waals surface area contributed by atoms with Crippen LogP contribution in [0.15, 0.2) is 12.1 Å². The summed E-state index contributed by atoms with van der Waals surface area (Å²) < 4.78 is 5.81. The van der Waals surface area contributed by atoms with Crippen LogP contribution in [0, 0.1) is 13.8 Å². The van der Waals surface area contributed by atoms with Gasteiger partial charge in [-0.15, -0.1) is 0 Å². The van der Waals surface area contributed by atoms with Crippen molar-refractivity contribution in [1.82, 2.24) is 10.2 Å². The topological polar surface area (TPSA) is 41.6 Å². The molecule has 4 heteroatoms. The van der Waals surface area contributed by atoms with Crippen LogP contribution in [0.1, 0.15) is 36.5 Å². The zero-order valence-electron chi connectivity index (χ0n) is 13.5. The van der Waals surface area contributed by atoms with Crippen LogP contribution in [-0.4, -0.2) is 37.0 Å². The van der Waals surface area contributed by atoms with Crippen molar-refractivity contribution in [1.29, 1.82) is 0 Å². The SMILES string of the molecule is CCN(C(=O)COc1c(C)cc(CNC)cc1C)C1CC1. The zero-order valence-corrected chi connectivity index (χ0v) is 13.5. The summed E-state index contributed by atoms with van der Waals surface area (Å²) in [4.78, 5) is 14.1. The lowest BCUT2D eigenvalue weighted by Gasteiger charge is -2.21. The molecule has 4 nitrogen and oxygen atoms in total. The van der Waals surface area contributed by atoms with E-state index in [4.69, 9.17) is 4.74 Å². The minimum Gasteiger partial charge on any atom is -0.483 e. The lowest BCUT2D eigenvalue weighted by molar-refractivity contribution is -0.133. The maximum absolute atomic E-state index is 12.2. The van der Waals surface area contributed by atoms with Crippen LogP contribution in [0.4, 0.5) is 0 Å². The molecule has 2 rings (SSSR count). The van der Waals surface area contributed by atoms with Gasteiger partial charge in [0.05, 0.1) is 0 Å². The monoisotopic (exact) mass is 290 g/mol. The molecule has 1 aromatic rings. The summed E-state index contributed by atoms with van der Waals surface area (Å²) >= 11 is 0. The van der Waals surface area contributed by atoms with E-state index in [1.54, 1.807) is 0 Å². The van der Waals surface area contributed by atoms with Crippen LogP contribution < -0.4 is 10.1 Å². The van der Waals surface area contributed by atoms with Crippen molar-refractivity contribution >= 4 is 5.91 Å². The molecule has 1 aliphatic carbocycles. The van der Waals surface area contributed by atoms with E-state index in [-0.39, 0.29) is 12.5 Å². The first kappa shape index (κ1) is 15.8. The molecular weight excluding hydrogens is 264 g/mol. The van der Waals surface area contributed by atoms with E-state index in [9.17, 15) is 4.79 Å². The molecule has 0 bridgehead atoms. The molecule has 1 aromatic carbocycles. The number of carbonyl (C=O) groups is 1. The predicted octanol–water partition coefficient (Wildman–Crippen LogP) is 2.41. The van der Waals surface area contributed by atoms with E-state index in [0.717, 1.165) is 42.8 Å². The highest BCUT2D eigenvalue weighted by molar-refractivity contribution is 5.78. The molecule has 0 aliphatic heterocycles. The average Bonchev–Trinajstić information content (AvgIpc) is 3.23. The van der Waals surface area contributed by atoms with E-state index in [1.165, 1.54) is 5.56 Å². The lowest BCUT2D eigenvalue weighted by Crippen LogP contribution is -2.36. The number of ether oxygens (including phenoxy) is 1. The third-order valence-electron chi connectivity index (χ3n) is 3.89. The standard InChI is InChI=1S/C17H26N2O2/c1-5-19(15-6-7-15)16(20)11-21-17-12(2)8-14(10-18-4)9-13(17)3/h8-9,15,18H,5-7,10-11H2,1-4H3. The molecule has 0 saturated heterocycles. The van der Waals surface area contributed by atoms with Crippen LogP contribution in [-0.2, 0) is 11.3 Å². The Hall–Kier alpha value is -1.55. The summed E-state index contributed by atoms with van der Waals surface area (Å²) in [6, 6.07) is 4.68. The number of benzene rings is 1. The number of nitrogens with zero attached hydrogens (tertiary/aromatic N) is 1. The van der Waals surface area contributed by atoms with Crippen molar-refractivity contribution in [3.8, 4) is 5.75 Å². The number of hydrogen-bond donors (Lipinski definition) is 1. The minimum atomic E-state index is 0.0955. The Balaban J connectivity index is 2.00. The molecule has 1 N–H and O–H groups in total. The molecule has 1 fully saturated rings. The molecule has 1 aliphatic rings. The van der Waals surface area contributed by atoms with Crippen LogP contribution in [0.2, 0.25) is 0 Å². The van der Waals surface area contributed by atoms with Crippen molar-refractivity contribution in [3.63, 3.8) is 0 Å². The van der Waals surface area contributed by atoms with Gasteiger partial charge in [-0.05, 0) is 57.4 Å². The molecule has 0 spiro atoms. The molecule has 0 radical (unpaired) electrons. The van der Waals surface area contributed by atoms with Gasteiger partial charge < -0.3 is 15.0 Å². The van der Waals surface area contributed by atoms with Crippen molar-refractivity contribution in [2.75, 3.05) is 20.2 Å². The highest BCUT2D eigenvalue weighted by Gasteiger charge is 2.31. The number of amides is 1. The van der Waals surface area contributed by atoms with Crippen LogP contribution in [0.25, 0.3) is 0 Å². The summed E-state index contributed by atoms with van der Waals surface area (Å²) in [5.74, 6) is 0.938. The number of likely N-dealkylation sites (N-methyl/N-ethyl adjacent to an activating group) is 1. The Labute approximate surface area is 127 Å². The Morgan fingerprint density at radius 1 is 1.33 bits per heavy atom. The number of aryl methyl sites for hydroxylation is 2. The van der Waals surface area contributed by atoms with Gasteiger partial charge in [-0.25, -0.2) is 0 Å². The Bertz CT molecular complexity index is 487. The fraction of sp³-hybridized carbons (Fsp3) is 0.588. The zero-order chi connectivity index (χ0) is 15.4. The second-order valence-electron chi connectivity index (χ2n) is 5.79. The van der Waals surface area contributed by atoms with Crippen LogP contribution in [0.3, 0.4) is 0 Å². The van der Waals surface area contributed by atoms with Gasteiger partial charge in [0.1, 0.15) is 5.75 Å². The maximum atomic E-state index is 12.2. The predicted molar refractivity (Wildman–Crippen MR) is 84.6 cm³/mol. The normalized spacial score (nSPS) is 14.1. The van der Waals surface area contributed by atoms with Gasteiger partial charge in [-0.3, -0.25) is 4.79 Å². The van der Waals surface area contributed by atoms with Gasteiger partial charge in [0.25, 0.3) is 5.91 Å². The summed E-state index contributed by atoms with van der Waals surface area (Å²) in [6.07, 6.45) is 2.27. The molecule has 0 aromatic heterocycles. The number of carbonyl (C=O) groups excluding carboxylic acids is 1. The molecule has 116 valence electrons. The summed E-state index contributed by atoms with van der Waals surface area (Å²) in [6.45, 7) is 7.84. The summed E-state index contributed by atoms with van der Waals surface area (Å²) in [7, 11) is 1.94. The van der Waals surface area contributed by atoms with Gasteiger partial charge >= 0.3 is 0 Å². The molecule has 1 saturated carbocycles. The molecule has 0 unspecified atom stereocenters. The smallest absolute Gasteiger partial charge is 0.260 e. The van der Waals surface area contributed by atoms with E-state index >= 15 is 0 Å². The molecule has 21 heavy (non-hydrogen) atoms. The molecule has 1 amide bonds. The number of hydrogen-bond acceptors (Lipinski definition) is 3. The Kier molecular flexibility index (Phi) is 5.23.